The van der Waals surface area contributed by atoms with Gasteiger partial charge in [0.1, 0.15) is 0 Å². The van der Waals surface area contributed by atoms with Gasteiger partial charge in [0.05, 0.1) is 21.0 Å². The van der Waals surface area contributed by atoms with Gasteiger partial charge in [-0.05, 0) is 24.3 Å². The molecule has 18 heavy (non-hydrogen) atoms. The molecule has 84 valence electrons. The molecular formula is C15H7NS2. The molecule has 2 heterocycles. The van der Waals surface area contributed by atoms with Crippen LogP contribution in [0.5, 0.6) is 0 Å². The second-order valence-corrected chi connectivity index (χ2v) is 6.29. The van der Waals surface area contributed by atoms with Crippen LogP contribution >= 0.6 is 22.7 Å². The Balaban J connectivity index is 2.25. The lowest BCUT2D eigenvalue weighted by atomic mass is 10.2. The molecule has 0 N–H and O–H groups in total. The van der Waals surface area contributed by atoms with Gasteiger partial charge in [-0.2, -0.15) is 5.26 Å². The molecule has 0 aliphatic carbocycles. The minimum absolute atomic E-state index is 0.736. The van der Waals surface area contributed by atoms with Gasteiger partial charge in [0, 0.05) is 20.2 Å². The van der Waals surface area contributed by atoms with Crippen molar-refractivity contribution in [2.75, 3.05) is 0 Å². The van der Waals surface area contributed by atoms with Crippen LogP contribution in [0.3, 0.4) is 0 Å². The van der Waals surface area contributed by atoms with Crippen molar-refractivity contribution < 1.29 is 0 Å². The van der Waals surface area contributed by atoms with E-state index in [-0.39, 0.29) is 0 Å². The quantitative estimate of drug-likeness (QED) is 0.432. The lowest BCUT2D eigenvalue weighted by molar-refractivity contribution is 1.50. The molecule has 0 spiro atoms. The largest absolute Gasteiger partial charge is 0.192 e. The zero-order chi connectivity index (χ0) is 12.1. The molecule has 2 aromatic carbocycles. The lowest BCUT2D eigenvalue weighted by Gasteiger charge is -1.90. The molecule has 0 amide bonds. The summed E-state index contributed by atoms with van der Waals surface area (Å²) in [7, 11) is 0. The van der Waals surface area contributed by atoms with Crippen molar-refractivity contribution in [1.82, 2.24) is 0 Å². The summed E-state index contributed by atoms with van der Waals surface area (Å²) in [5.41, 5.74) is 0.736. The van der Waals surface area contributed by atoms with Crippen LogP contribution in [0.15, 0.2) is 42.5 Å². The Morgan fingerprint density at radius 2 is 1.56 bits per heavy atom. The molecule has 0 aliphatic heterocycles. The summed E-state index contributed by atoms with van der Waals surface area (Å²) in [5, 5.41) is 11.6. The van der Waals surface area contributed by atoms with E-state index >= 15 is 0 Å². The number of hydrogen-bond acceptors (Lipinski definition) is 3. The second kappa shape index (κ2) is 3.55. The summed E-state index contributed by atoms with van der Waals surface area (Å²) in [6.07, 6.45) is 0. The van der Waals surface area contributed by atoms with Gasteiger partial charge in [-0.25, -0.2) is 0 Å². The molecule has 0 fully saturated rings. The lowest BCUT2D eigenvalue weighted by Crippen LogP contribution is -1.70. The summed E-state index contributed by atoms with van der Waals surface area (Å²) < 4.78 is 5.25. The van der Waals surface area contributed by atoms with Gasteiger partial charge in [0.2, 0.25) is 0 Å². The fourth-order valence-corrected chi connectivity index (χ4v) is 4.90. The monoisotopic (exact) mass is 265 g/mol. The molecule has 0 bridgehead atoms. The summed E-state index contributed by atoms with van der Waals surface area (Å²) in [5.74, 6) is 0. The zero-order valence-electron chi connectivity index (χ0n) is 9.31. The molecule has 0 saturated carbocycles. The SMILES string of the molecule is N#Cc1ccc2sc3c4ccccc4sc3c2c1. The predicted octanol–water partition coefficient (Wildman–Crippen LogP) is 5.14. The van der Waals surface area contributed by atoms with Crippen LogP contribution in [-0.2, 0) is 0 Å². The standard InChI is InChI=1S/C15H7NS2/c16-8-9-5-6-13-11(7-9)15-14(18-13)10-3-1-2-4-12(10)17-15/h1-7H. The molecule has 4 rings (SSSR count). The molecule has 3 heteroatoms. The molecule has 0 atom stereocenters. The normalized spacial score (nSPS) is 11.3. The van der Waals surface area contributed by atoms with E-state index in [0.717, 1.165) is 5.56 Å². The highest BCUT2D eigenvalue weighted by Gasteiger charge is 2.11. The van der Waals surface area contributed by atoms with E-state index in [0.29, 0.717) is 0 Å². The maximum absolute atomic E-state index is 9.00. The van der Waals surface area contributed by atoms with Gasteiger partial charge in [0.15, 0.2) is 0 Å². The second-order valence-electron chi connectivity index (χ2n) is 4.18. The third kappa shape index (κ3) is 1.25. The van der Waals surface area contributed by atoms with Crippen LogP contribution in [0.4, 0.5) is 0 Å². The van der Waals surface area contributed by atoms with Gasteiger partial charge in [-0.1, -0.05) is 18.2 Å². The third-order valence-electron chi connectivity index (χ3n) is 3.12. The van der Waals surface area contributed by atoms with E-state index in [2.05, 4.69) is 36.4 Å². The third-order valence-corrected chi connectivity index (χ3v) is 5.65. The first-order valence-corrected chi connectivity index (χ1v) is 7.24. The smallest absolute Gasteiger partial charge is 0.0991 e. The Kier molecular flexibility index (Phi) is 1.99. The first kappa shape index (κ1) is 10.1. The van der Waals surface area contributed by atoms with Crippen molar-refractivity contribution in [2.24, 2.45) is 0 Å². The molecule has 4 aromatic rings. The Morgan fingerprint density at radius 3 is 2.39 bits per heavy atom. The van der Waals surface area contributed by atoms with Crippen molar-refractivity contribution >= 4 is 52.2 Å². The highest BCUT2D eigenvalue weighted by atomic mass is 32.1. The number of nitrogens with zero attached hydrogens (tertiary/aromatic N) is 1. The molecule has 0 saturated heterocycles. The maximum atomic E-state index is 9.00. The Labute approximate surface area is 112 Å². The number of hydrogen-bond donors (Lipinski definition) is 0. The number of fused-ring (bicyclic) bond motifs is 5. The van der Waals surface area contributed by atoms with E-state index < -0.39 is 0 Å². The summed E-state index contributed by atoms with van der Waals surface area (Å²) in [6, 6.07) is 16.7. The molecule has 1 nitrogen and oxygen atoms in total. The average Bonchev–Trinajstić information content (AvgIpc) is 2.94. The molecule has 0 radical (unpaired) electrons. The highest BCUT2D eigenvalue weighted by Crippen LogP contribution is 2.44. The zero-order valence-corrected chi connectivity index (χ0v) is 10.9. The Bertz CT molecular complexity index is 938. The minimum Gasteiger partial charge on any atom is -0.192 e. The van der Waals surface area contributed by atoms with E-state index in [9.17, 15) is 0 Å². The van der Waals surface area contributed by atoms with Crippen LogP contribution in [0.25, 0.3) is 29.6 Å². The van der Waals surface area contributed by atoms with Crippen molar-refractivity contribution in [3.8, 4) is 6.07 Å². The van der Waals surface area contributed by atoms with Gasteiger partial charge in [-0.3, -0.25) is 0 Å². The molecule has 0 unspecified atom stereocenters. The van der Waals surface area contributed by atoms with Crippen molar-refractivity contribution in [2.45, 2.75) is 0 Å². The van der Waals surface area contributed by atoms with Crippen LogP contribution in [0.2, 0.25) is 0 Å². The first-order valence-electron chi connectivity index (χ1n) is 5.61. The predicted molar refractivity (Wildman–Crippen MR) is 79.4 cm³/mol. The van der Waals surface area contributed by atoms with Crippen molar-refractivity contribution in [3.05, 3.63) is 48.0 Å². The first-order chi connectivity index (χ1) is 8.86. The van der Waals surface area contributed by atoms with Crippen molar-refractivity contribution in [1.29, 1.82) is 5.26 Å². The Hall–Kier alpha value is -1.89. The van der Waals surface area contributed by atoms with Gasteiger partial charge in [0.25, 0.3) is 0 Å². The van der Waals surface area contributed by atoms with Crippen LogP contribution in [-0.4, -0.2) is 0 Å². The number of rotatable bonds is 0. The highest BCUT2D eigenvalue weighted by molar-refractivity contribution is 7.36. The molecule has 0 aliphatic rings. The van der Waals surface area contributed by atoms with Crippen LogP contribution in [0.1, 0.15) is 5.56 Å². The van der Waals surface area contributed by atoms with Crippen molar-refractivity contribution in [3.63, 3.8) is 0 Å². The summed E-state index contributed by atoms with van der Waals surface area (Å²) in [6.45, 7) is 0. The van der Waals surface area contributed by atoms with E-state index in [1.54, 1.807) is 0 Å². The molecule has 2 aromatic heterocycles. The van der Waals surface area contributed by atoms with Gasteiger partial charge < -0.3 is 0 Å². The summed E-state index contributed by atoms with van der Waals surface area (Å²) in [4.78, 5) is 0. The molecular weight excluding hydrogens is 258 g/mol. The Morgan fingerprint density at radius 1 is 0.833 bits per heavy atom. The topological polar surface area (TPSA) is 23.8 Å². The number of benzene rings is 2. The maximum Gasteiger partial charge on any atom is 0.0991 e. The minimum atomic E-state index is 0.736. The van der Waals surface area contributed by atoms with E-state index in [4.69, 9.17) is 5.26 Å². The van der Waals surface area contributed by atoms with Crippen LogP contribution < -0.4 is 0 Å². The number of thiophene rings is 2. The van der Waals surface area contributed by atoms with Crippen LogP contribution in [0, 0.1) is 11.3 Å². The van der Waals surface area contributed by atoms with E-state index in [1.165, 1.54) is 29.6 Å². The van der Waals surface area contributed by atoms with Gasteiger partial charge >= 0.3 is 0 Å². The average molecular weight is 265 g/mol. The number of nitriles is 1. The fourth-order valence-electron chi connectivity index (χ4n) is 2.28. The van der Waals surface area contributed by atoms with Gasteiger partial charge in [-0.15, -0.1) is 22.7 Å². The van der Waals surface area contributed by atoms with E-state index in [1.807, 2.05) is 34.8 Å². The fraction of sp³-hybridized carbons (Fsp3) is 0. The summed E-state index contributed by atoms with van der Waals surface area (Å²) >= 11 is 3.64.